The van der Waals surface area contributed by atoms with Crippen LogP contribution in [0, 0.1) is 0 Å². The Morgan fingerprint density at radius 3 is 2.44 bits per heavy atom. The lowest BCUT2D eigenvalue weighted by Crippen LogP contribution is -2.18. The molecule has 0 aromatic heterocycles. The van der Waals surface area contributed by atoms with Gasteiger partial charge in [0.2, 0.25) is 0 Å². The van der Waals surface area contributed by atoms with Crippen LogP contribution in [0.1, 0.15) is 61.6 Å². The number of nitrogens with one attached hydrogen (secondary N) is 1. The predicted molar refractivity (Wildman–Crippen MR) is 77.7 cm³/mol. The largest absolute Gasteiger partial charge is 0.324 e. The third kappa shape index (κ3) is 3.56. The maximum atomic E-state index is 6.17. The molecule has 1 atom stereocenters. The van der Waals surface area contributed by atoms with Gasteiger partial charge >= 0.3 is 0 Å². The summed E-state index contributed by atoms with van der Waals surface area (Å²) in [5.74, 6) is 0.793. The molecule has 1 aliphatic rings. The van der Waals surface area contributed by atoms with Crippen LogP contribution in [-0.2, 0) is 0 Å². The van der Waals surface area contributed by atoms with Gasteiger partial charge in [-0.25, -0.2) is 0 Å². The summed E-state index contributed by atoms with van der Waals surface area (Å²) in [5, 5.41) is 3.15. The van der Waals surface area contributed by atoms with Crippen molar-refractivity contribution in [3.05, 3.63) is 35.4 Å². The quantitative estimate of drug-likeness (QED) is 0.836. The minimum absolute atomic E-state index is 0.165. The second kappa shape index (κ2) is 6.91. The van der Waals surface area contributed by atoms with Gasteiger partial charge in [0.1, 0.15) is 0 Å². The Hall–Kier alpha value is -0.860. The molecule has 0 aliphatic heterocycles. The van der Waals surface area contributed by atoms with Crippen molar-refractivity contribution in [1.82, 2.24) is 5.32 Å². The zero-order valence-electron chi connectivity index (χ0n) is 11.5. The van der Waals surface area contributed by atoms with E-state index in [4.69, 9.17) is 5.73 Å². The molecule has 0 bridgehead atoms. The molecule has 0 amide bonds. The molecule has 0 radical (unpaired) electrons. The highest BCUT2D eigenvalue weighted by Gasteiger charge is 2.15. The molecule has 1 fully saturated rings. The van der Waals surface area contributed by atoms with Crippen LogP contribution < -0.4 is 11.1 Å². The summed E-state index contributed by atoms with van der Waals surface area (Å²) in [4.78, 5) is 0. The van der Waals surface area contributed by atoms with Gasteiger partial charge in [0.15, 0.2) is 0 Å². The Morgan fingerprint density at radius 2 is 1.83 bits per heavy atom. The molecule has 100 valence electrons. The number of benzene rings is 1. The molecule has 1 unspecified atom stereocenters. The molecule has 1 aromatic carbocycles. The molecule has 3 N–H and O–H groups in total. The maximum Gasteiger partial charge on any atom is 0.0306 e. The first-order valence-electron chi connectivity index (χ1n) is 7.31. The Labute approximate surface area is 111 Å². The third-order valence-electron chi connectivity index (χ3n) is 4.15. The van der Waals surface area contributed by atoms with Gasteiger partial charge in [-0.3, -0.25) is 0 Å². The highest BCUT2D eigenvalue weighted by Crippen LogP contribution is 2.32. The van der Waals surface area contributed by atoms with Crippen molar-refractivity contribution in [2.24, 2.45) is 5.73 Å². The molecule has 2 nitrogen and oxygen atoms in total. The zero-order chi connectivity index (χ0) is 12.8. The maximum absolute atomic E-state index is 6.17. The Bertz CT molecular complexity index is 339. The standard InChI is InChI=1S/C16H26N2/c1-18-12-11-16(17)15-9-7-14(8-10-15)13-5-3-2-4-6-13/h7-10,13,16,18H,2-6,11-12,17H2,1H3. The summed E-state index contributed by atoms with van der Waals surface area (Å²) < 4.78 is 0. The van der Waals surface area contributed by atoms with Gasteiger partial charge in [-0.05, 0) is 49.9 Å². The lowest BCUT2D eigenvalue weighted by Gasteiger charge is -2.22. The van der Waals surface area contributed by atoms with E-state index in [-0.39, 0.29) is 6.04 Å². The van der Waals surface area contributed by atoms with Gasteiger partial charge in [-0.2, -0.15) is 0 Å². The second-order valence-electron chi connectivity index (χ2n) is 5.50. The molecule has 0 saturated heterocycles. The minimum Gasteiger partial charge on any atom is -0.324 e. The van der Waals surface area contributed by atoms with E-state index in [1.165, 1.54) is 43.2 Å². The number of nitrogens with two attached hydrogens (primary N) is 1. The molecule has 2 rings (SSSR count). The molecule has 0 spiro atoms. The summed E-state index contributed by atoms with van der Waals surface area (Å²) in [6.07, 6.45) is 7.95. The first kappa shape index (κ1) is 13.6. The summed E-state index contributed by atoms with van der Waals surface area (Å²) >= 11 is 0. The van der Waals surface area contributed by atoms with Crippen molar-refractivity contribution in [2.75, 3.05) is 13.6 Å². The van der Waals surface area contributed by atoms with Crippen molar-refractivity contribution in [2.45, 2.75) is 50.5 Å². The van der Waals surface area contributed by atoms with Crippen LogP contribution >= 0.6 is 0 Å². The molecular weight excluding hydrogens is 220 g/mol. The molecular formula is C16H26N2. The molecule has 1 saturated carbocycles. The monoisotopic (exact) mass is 246 g/mol. The van der Waals surface area contributed by atoms with E-state index >= 15 is 0 Å². The van der Waals surface area contributed by atoms with Crippen LogP contribution in [0.15, 0.2) is 24.3 Å². The van der Waals surface area contributed by atoms with Crippen LogP contribution in [0.3, 0.4) is 0 Å². The molecule has 2 heteroatoms. The molecule has 18 heavy (non-hydrogen) atoms. The van der Waals surface area contributed by atoms with Crippen molar-refractivity contribution in [3.8, 4) is 0 Å². The fourth-order valence-corrected chi connectivity index (χ4v) is 2.92. The van der Waals surface area contributed by atoms with Crippen LogP contribution in [0.5, 0.6) is 0 Å². The zero-order valence-corrected chi connectivity index (χ0v) is 11.5. The lowest BCUT2D eigenvalue weighted by atomic mass is 9.83. The van der Waals surface area contributed by atoms with E-state index < -0.39 is 0 Å². The molecule has 1 aliphatic carbocycles. The molecule has 1 aromatic rings. The highest BCUT2D eigenvalue weighted by atomic mass is 14.8. The second-order valence-corrected chi connectivity index (χ2v) is 5.50. The highest BCUT2D eigenvalue weighted by molar-refractivity contribution is 5.27. The summed E-state index contributed by atoms with van der Waals surface area (Å²) in [7, 11) is 1.97. The van der Waals surface area contributed by atoms with E-state index in [9.17, 15) is 0 Å². The van der Waals surface area contributed by atoms with E-state index in [1.807, 2.05) is 7.05 Å². The van der Waals surface area contributed by atoms with Crippen LogP contribution in [-0.4, -0.2) is 13.6 Å². The first-order chi connectivity index (χ1) is 8.81. The van der Waals surface area contributed by atoms with Crippen molar-refractivity contribution in [3.63, 3.8) is 0 Å². The van der Waals surface area contributed by atoms with Crippen LogP contribution in [0.2, 0.25) is 0 Å². The fraction of sp³-hybridized carbons (Fsp3) is 0.625. The fourth-order valence-electron chi connectivity index (χ4n) is 2.92. The smallest absolute Gasteiger partial charge is 0.0306 e. The van der Waals surface area contributed by atoms with Crippen LogP contribution in [0.4, 0.5) is 0 Å². The average molecular weight is 246 g/mol. The van der Waals surface area contributed by atoms with Crippen molar-refractivity contribution >= 4 is 0 Å². The average Bonchev–Trinajstić information content (AvgIpc) is 2.46. The van der Waals surface area contributed by atoms with Crippen molar-refractivity contribution in [1.29, 1.82) is 0 Å². The van der Waals surface area contributed by atoms with E-state index in [0.29, 0.717) is 0 Å². The number of hydrogen-bond acceptors (Lipinski definition) is 2. The summed E-state index contributed by atoms with van der Waals surface area (Å²) in [5.41, 5.74) is 8.95. The van der Waals surface area contributed by atoms with Gasteiger partial charge in [-0.1, -0.05) is 43.5 Å². The minimum atomic E-state index is 0.165. The SMILES string of the molecule is CNCCC(N)c1ccc(C2CCCCC2)cc1. The van der Waals surface area contributed by atoms with Gasteiger partial charge in [0, 0.05) is 6.04 Å². The van der Waals surface area contributed by atoms with E-state index in [0.717, 1.165) is 18.9 Å². The first-order valence-corrected chi connectivity index (χ1v) is 7.31. The van der Waals surface area contributed by atoms with Crippen molar-refractivity contribution < 1.29 is 0 Å². The van der Waals surface area contributed by atoms with Gasteiger partial charge < -0.3 is 11.1 Å². The Balaban J connectivity index is 1.95. The normalized spacial score (nSPS) is 18.8. The van der Waals surface area contributed by atoms with E-state index in [1.54, 1.807) is 0 Å². The lowest BCUT2D eigenvalue weighted by molar-refractivity contribution is 0.443. The topological polar surface area (TPSA) is 38.0 Å². The van der Waals surface area contributed by atoms with Gasteiger partial charge in [0.05, 0.1) is 0 Å². The Morgan fingerprint density at radius 1 is 1.17 bits per heavy atom. The summed E-state index contributed by atoms with van der Waals surface area (Å²) in [6.45, 7) is 0.978. The van der Waals surface area contributed by atoms with Gasteiger partial charge in [-0.15, -0.1) is 0 Å². The third-order valence-corrected chi connectivity index (χ3v) is 4.15. The van der Waals surface area contributed by atoms with E-state index in [2.05, 4.69) is 29.6 Å². The molecule has 0 heterocycles. The van der Waals surface area contributed by atoms with Gasteiger partial charge in [0.25, 0.3) is 0 Å². The summed E-state index contributed by atoms with van der Waals surface area (Å²) in [6, 6.07) is 9.21. The predicted octanol–water partition coefficient (Wildman–Crippen LogP) is 3.34. The number of hydrogen-bond donors (Lipinski definition) is 2. The number of rotatable bonds is 5. The Kier molecular flexibility index (Phi) is 5.21. The van der Waals surface area contributed by atoms with Crippen LogP contribution in [0.25, 0.3) is 0 Å².